The average Bonchev–Trinajstić information content (AvgIpc) is 2.94. The molecule has 1 aromatic heterocycles. The molecule has 16 heavy (non-hydrogen) atoms. The molecule has 0 unspecified atom stereocenters. The predicted molar refractivity (Wildman–Crippen MR) is 61.3 cm³/mol. The van der Waals surface area contributed by atoms with Gasteiger partial charge in [0.2, 0.25) is 0 Å². The van der Waals surface area contributed by atoms with E-state index in [1.54, 1.807) is 6.07 Å². The molecule has 4 heteroatoms. The Kier molecular flexibility index (Phi) is 2.52. The Balaban J connectivity index is 1.74. The summed E-state index contributed by atoms with van der Waals surface area (Å²) in [6.07, 6.45) is 6.13. The minimum atomic E-state index is -0.00973. The van der Waals surface area contributed by atoms with Gasteiger partial charge in [0.15, 0.2) is 0 Å². The van der Waals surface area contributed by atoms with Crippen molar-refractivity contribution in [3.05, 3.63) is 27.9 Å². The molecule has 2 aliphatic carbocycles. The smallest absolute Gasteiger partial charge is 0.251 e. The van der Waals surface area contributed by atoms with Gasteiger partial charge in [-0.1, -0.05) is 6.42 Å². The molecule has 1 aromatic rings. The first-order valence-corrected chi connectivity index (χ1v) is 6.15. The van der Waals surface area contributed by atoms with Crippen LogP contribution in [0.2, 0.25) is 0 Å². The highest BCUT2D eigenvalue weighted by Crippen LogP contribution is 2.33. The minimum absolute atomic E-state index is 0.00973. The predicted octanol–water partition coefficient (Wildman–Crippen LogP) is 1.29. The van der Waals surface area contributed by atoms with Gasteiger partial charge in [0.25, 0.3) is 5.56 Å². The zero-order valence-electron chi connectivity index (χ0n) is 9.33. The number of nitrogens with zero attached hydrogens (tertiary/aromatic N) is 1. The number of H-pyrrole nitrogens is 1. The number of rotatable bonds is 4. The molecule has 2 fully saturated rings. The summed E-state index contributed by atoms with van der Waals surface area (Å²) in [6, 6.07) is 2.27. The number of hydrogen-bond donors (Lipinski definition) is 2. The van der Waals surface area contributed by atoms with Gasteiger partial charge in [-0.25, -0.2) is 4.98 Å². The number of aromatic nitrogens is 2. The zero-order valence-corrected chi connectivity index (χ0v) is 9.33. The lowest BCUT2D eigenvalue weighted by Gasteiger charge is -2.24. The third-order valence-corrected chi connectivity index (χ3v) is 3.45. The molecule has 0 aromatic carbocycles. The number of nitrogens with one attached hydrogen (secondary N) is 2. The van der Waals surface area contributed by atoms with E-state index in [4.69, 9.17) is 0 Å². The highest BCUT2D eigenvalue weighted by atomic mass is 16.1. The first kappa shape index (κ1) is 10.0. The normalized spacial score (nSPS) is 20.8. The molecular formula is C12H17N3O. The van der Waals surface area contributed by atoms with Crippen molar-refractivity contribution in [3.63, 3.8) is 0 Å². The fourth-order valence-electron chi connectivity index (χ4n) is 2.03. The maximum absolute atomic E-state index is 11.5. The Morgan fingerprint density at radius 3 is 2.81 bits per heavy atom. The zero-order chi connectivity index (χ0) is 11.0. The van der Waals surface area contributed by atoms with Crippen molar-refractivity contribution >= 4 is 0 Å². The van der Waals surface area contributed by atoms with E-state index >= 15 is 0 Å². The Hall–Kier alpha value is -1.16. The topological polar surface area (TPSA) is 57.8 Å². The monoisotopic (exact) mass is 219 g/mol. The molecule has 4 nitrogen and oxygen atoms in total. The maximum Gasteiger partial charge on any atom is 0.251 e. The van der Waals surface area contributed by atoms with Gasteiger partial charge in [0.1, 0.15) is 5.82 Å². The fraction of sp³-hybridized carbons (Fsp3) is 0.667. The van der Waals surface area contributed by atoms with Gasteiger partial charge in [0, 0.05) is 24.6 Å². The van der Waals surface area contributed by atoms with E-state index in [-0.39, 0.29) is 5.56 Å². The van der Waals surface area contributed by atoms with Crippen molar-refractivity contribution in [2.45, 2.75) is 50.6 Å². The highest BCUT2D eigenvalue weighted by Gasteiger charge is 2.23. The van der Waals surface area contributed by atoms with Crippen LogP contribution in [0.5, 0.6) is 0 Å². The van der Waals surface area contributed by atoms with Gasteiger partial charge >= 0.3 is 0 Å². The highest BCUT2D eigenvalue weighted by molar-refractivity contribution is 5.08. The van der Waals surface area contributed by atoms with E-state index in [9.17, 15) is 4.79 Å². The molecule has 3 rings (SSSR count). The van der Waals surface area contributed by atoms with Crippen molar-refractivity contribution in [1.82, 2.24) is 15.3 Å². The van der Waals surface area contributed by atoms with Crippen LogP contribution in [-0.2, 0) is 6.54 Å². The summed E-state index contributed by atoms with van der Waals surface area (Å²) < 4.78 is 0. The fourth-order valence-corrected chi connectivity index (χ4v) is 2.03. The third kappa shape index (κ3) is 2.16. The molecule has 0 aliphatic heterocycles. The van der Waals surface area contributed by atoms with Crippen LogP contribution in [0, 0.1) is 0 Å². The number of aromatic amines is 1. The summed E-state index contributed by atoms with van der Waals surface area (Å²) in [7, 11) is 0. The lowest BCUT2D eigenvalue weighted by atomic mass is 9.85. The summed E-state index contributed by atoms with van der Waals surface area (Å²) in [5.41, 5.74) is 0.877. The Morgan fingerprint density at radius 2 is 2.19 bits per heavy atom. The van der Waals surface area contributed by atoms with Gasteiger partial charge in [-0.3, -0.25) is 4.79 Å². The summed E-state index contributed by atoms with van der Waals surface area (Å²) in [4.78, 5) is 18.9. The molecule has 0 spiro atoms. The largest absolute Gasteiger partial charge is 0.310 e. The quantitative estimate of drug-likeness (QED) is 0.802. The van der Waals surface area contributed by atoms with Crippen LogP contribution < -0.4 is 10.9 Å². The molecule has 0 amide bonds. The van der Waals surface area contributed by atoms with Crippen LogP contribution in [0.25, 0.3) is 0 Å². The van der Waals surface area contributed by atoms with Gasteiger partial charge < -0.3 is 10.3 Å². The van der Waals surface area contributed by atoms with E-state index in [0.717, 1.165) is 18.1 Å². The molecule has 86 valence electrons. The van der Waals surface area contributed by atoms with Crippen molar-refractivity contribution < 1.29 is 0 Å². The minimum Gasteiger partial charge on any atom is -0.310 e. The van der Waals surface area contributed by atoms with Gasteiger partial charge in [-0.2, -0.15) is 0 Å². The van der Waals surface area contributed by atoms with Crippen LogP contribution >= 0.6 is 0 Å². The first-order chi connectivity index (χ1) is 7.81. The van der Waals surface area contributed by atoms with Gasteiger partial charge in [-0.05, 0) is 25.7 Å². The van der Waals surface area contributed by atoms with Crippen LogP contribution in [0.15, 0.2) is 10.9 Å². The summed E-state index contributed by atoms with van der Waals surface area (Å²) >= 11 is 0. The van der Waals surface area contributed by atoms with E-state index in [1.165, 1.54) is 32.1 Å². The Bertz CT molecular complexity index is 432. The van der Waals surface area contributed by atoms with Crippen LogP contribution in [0.4, 0.5) is 0 Å². The second-order valence-corrected chi connectivity index (χ2v) is 4.90. The molecule has 2 N–H and O–H groups in total. The molecule has 1 heterocycles. The molecule has 0 radical (unpaired) electrons. The standard InChI is InChI=1S/C12H17N3O/c16-11-6-10(7-13-9-4-5-9)14-12(15-11)8-2-1-3-8/h6,8-9,13H,1-5,7H2,(H,14,15,16). The van der Waals surface area contributed by atoms with E-state index in [1.807, 2.05) is 0 Å². The van der Waals surface area contributed by atoms with Crippen molar-refractivity contribution in [2.24, 2.45) is 0 Å². The van der Waals surface area contributed by atoms with Crippen molar-refractivity contribution in [1.29, 1.82) is 0 Å². The van der Waals surface area contributed by atoms with Crippen molar-refractivity contribution in [3.8, 4) is 0 Å². The van der Waals surface area contributed by atoms with Crippen molar-refractivity contribution in [2.75, 3.05) is 0 Å². The molecule has 0 bridgehead atoms. The lowest BCUT2D eigenvalue weighted by Crippen LogP contribution is -2.23. The van der Waals surface area contributed by atoms with Gasteiger partial charge in [0.05, 0.1) is 5.69 Å². The summed E-state index contributed by atoms with van der Waals surface area (Å²) in [6.45, 7) is 0.730. The van der Waals surface area contributed by atoms with E-state index in [2.05, 4.69) is 15.3 Å². The molecule has 0 saturated heterocycles. The maximum atomic E-state index is 11.5. The Morgan fingerprint density at radius 1 is 1.38 bits per heavy atom. The number of hydrogen-bond acceptors (Lipinski definition) is 3. The molecular weight excluding hydrogens is 202 g/mol. The molecule has 2 aliphatic rings. The molecule has 2 saturated carbocycles. The third-order valence-electron chi connectivity index (χ3n) is 3.45. The lowest BCUT2D eigenvalue weighted by molar-refractivity contribution is 0.399. The Labute approximate surface area is 94.5 Å². The van der Waals surface area contributed by atoms with Gasteiger partial charge in [-0.15, -0.1) is 0 Å². The van der Waals surface area contributed by atoms with E-state index < -0.39 is 0 Å². The molecule has 0 atom stereocenters. The van der Waals surface area contributed by atoms with Crippen LogP contribution in [0.1, 0.15) is 49.5 Å². The second-order valence-electron chi connectivity index (χ2n) is 4.90. The average molecular weight is 219 g/mol. The SMILES string of the molecule is O=c1cc(CNC2CC2)nc(C2CCC2)[nH]1. The van der Waals surface area contributed by atoms with E-state index in [0.29, 0.717) is 12.0 Å². The summed E-state index contributed by atoms with van der Waals surface area (Å²) in [5.74, 6) is 1.39. The second kappa shape index (κ2) is 4.01. The van der Waals surface area contributed by atoms with Crippen LogP contribution in [0.3, 0.4) is 0 Å². The van der Waals surface area contributed by atoms with Crippen LogP contribution in [-0.4, -0.2) is 16.0 Å². The first-order valence-electron chi connectivity index (χ1n) is 6.15. The summed E-state index contributed by atoms with van der Waals surface area (Å²) in [5, 5.41) is 3.39.